The van der Waals surface area contributed by atoms with E-state index < -0.39 is 0 Å². The first-order valence-electron chi connectivity index (χ1n) is 28.1. The zero-order valence-electron chi connectivity index (χ0n) is 45.1. The zero-order valence-corrected chi connectivity index (χ0v) is 45.1. The van der Waals surface area contributed by atoms with Crippen LogP contribution >= 0.6 is 0 Å². The molecule has 0 aromatic heterocycles. The summed E-state index contributed by atoms with van der Waals surface area (Å²) in [5, 5.41) is 0. The van der Waals surface area contributed by atoms with E-state index in [2.05, 4.69) is 268 Å². The molecule has 0 bridgehead atoms. The number of rotatable bonds is 14. The number of nitrogens with zero attached hydrogens (tertiary/aromatic N) is 2. The fourth-order valence-electron chi connectivity index (χ4n) is 11.9. The molecule has 0 atom stereocenters. The summed E-state index contributed by atoms with van der Waals surface area (Å²) in [6.45, 7) is 8.76. The second-order valence-electron chi connectivity index (χ2n) is 21.8. The molecular formula is C74H72N2. The van der Waals surface area contributed by atoms with Crippen molar-refractivity contribution in [2.24, 2.45) is 0 Å². The molecule has 0 amide bonds. The van der Waals surface area contributed by atoms with Gasteiger partial charge in [0.1, 0.15) is 0 Å². The van der Waals surface area contributed by atoms with Crippen LogP contribution in [0.15, 0.2) is 206 Å². The average Bonchev–Trinajstić information content (AvgIpc) is 3.47. The maximum atomic E-state index is 2.38. The minimum absolute atomic E-state index is 0.732. The van der Waals surface area contributed by atoms with E-state index in [-0.39, 0.29) is 0 Å². The average molecular weight is 989 g/mol. The molecule has 0 N–H and O–H groups in total. The van der Waals surface area contributed by atoms with Crippen molar-refractivity contribution in [3.63, 3.8) is 0 Å². The van der Waals surface area contributed by atoms with E-state index in [1.165, 1.54) is 153 Å². The molecule has 0 radical (unpaired) electrons. The van der Waals surface area contributed by atoms with Crippen LogP contribution in [-0.2, 0) is 0 Å². The Morgan fingerprint density at radius 3 is 0.842 bits per heavy atom. The largest absolute Gasteiger partial charge is 0.310 e. The Hall–Kier alpha value is -7.94. The molecule has 0 spiro atoms. The highest BCUT2D eigenvalue weighted by Crippen LogP contribution is 2.41. The predicted molar refractivity (Wildman–Crippen MR) is 328 cm³/mol. The second-order valence-corrected chi connectivity index (χ2v) is 21.8. The zero-order chi connectivity index (χ0) is 51.8. The lowest BCUT2D eigenvalue weighted by molar-refractivity contribution is 0.443. The van der Waals surface area contributed by atoms with Gasteiger partial charge in [0.2, 0.25) is 0 Å². The topological polar surface area (TPSA) is 6.48 Å². The van der Waals surface area contributed by atoms with Crippen LogP contribution in [0.25, 0.3) is 46.6 Å². The van der Waals surface area contributed by atoms with Gasteiger partial charge in [-0.1, -0.05) is 220 Å². The third-order valence-electron chi connectivity index (χ3n) is 16.3. The highest BCUT2D eigenvalue weighted by Gasteiger charge is 2.19. The van der Waals surface area contributed by atoms with Gasteiger partial charge in [0, 0.05) is 34.1 Å². The van der Waals surface area contributed by atoms with Gasteiger partial charge in [0.15, 0.2) is 0 Å². The summed E-state index contributed by atoms with van der Waals surface area (Å²) in [6.07, 6.45) is 22.5. The Bertz CT molecular complexity index is 3170. The van der Waals surface area contributed by atoms with Crippen LogP contribution in [-0.4, -0.2) is 0 Å². The maximum Gasteiger partial charge on any atom is 0.0490 e. The lowest BCUT2D eigenvalue weighted by atomic mass is 9.84. The van der Waals surface area contributed by atoms with Crippen LogP contribution < -0.4 is 9.80 Å². The molecule has 2 saturated carbocycles. The van der Waals surface area contributed by atoms with Gasteiger partial charge in [-0.25, -0.2) is 0 Å². The number of aryl methyl sites for hydroxylation is 4. The molecule has 11 rings (SSSR count). The van der Waals surface area contributed by atoms with Crippen molar-refractivity contribution < 1.29 is 0 Å². The molecule has 0 heterocycles. The normalized spacial score (nSPS) is 14.4. The fraction of sp³-hybridized carbons (Fsp3) is 0.216. The lowest BCUT2D eigenvalue weighted by Crippen LogP contribution is -2.11. The quantitative estimate of drug-likeness (QED) is 0.100. The monoisotopic (exact) mass is 989 g/mol. The summed E-state index contributed by atoms with van der Waals surface area (Å²) in [5.74, 6) is 1.46. The predicted octanol–water partition coefficient (Wildman–Crippen LogP) is 21.6. The number of anilines is 6. The van der Waals surface area contributed by atoms with Crippen LogP contribution in [0.5, 0.6) is 0 Å². The van der Waals surface area contributed by atoms with E-state index >= 15 is 0 Å². The summed E-state index contributed by atoms with van der Waals surface area (Å²) in [6, 6.07) is 77.0. The molecule has 2 heteroatoms. The van der Waals surface area contributed by atoms with Crippen molar-refractivity contribution in [1.82, 2.24) is 0 Å². The molecule has 76 heavy (non-hydrogen) atoms. The van der Waals surface area contributed by atoms with Crippen LogP contribution in [0.4, 0.5) is 34.1 Å². The Morgan fingerprint density at radius 1 is 0.289 bits per heavy atom. The Kier molecular flexibility index (Phi) is 15.4. The van der Waals surface area contributed by atoms with Gasteiger partial charge < -0.3 is 9.80 Å². The van der Waals surface area contributed by atoms with Crippen molar-refractivity contribution in [1.29, 1.82) is 0 Å². The molecule has 9 aromatic rings. The van der Waals surface area contributed by atoms with Crippen molar-refractivity contribution in [2.45, 2.75) is 104 Å². The van der Waals surface area contributed by atoms with Crippen molar-refractivity contribution >= 4 is 58.4 Å². The summed E-state index contributed by atoms with van der Waals surface area (Å²) in [4.78, 5) is 4.77. The highest BCUT2D eigenvalue weighted by molar-refractivity contribution is 5.83. The van der Waals surface area contributed by atoms with Crippen molar-refractivity contribution in [2.75, 3.05) is 9.80 Å². The van der Waals surface area contributed by atoms with E-state index in [0.717, 1.165) is 34.6 Å². The van der Waals surface area contributed by atoms with Crippen LogP contribution in [0, 0.1) is 27.7 Å². The number of hydrogen-bond acceptors (Lipinski definition) is 2. The molecule has 2 fully saturated rings. The standard InChI is InChI=1S/C74H72N2/c1-53-15-49-73(55(3)51-53)75(69-41-25-59(26-42-69)19-17-57-21-29-63(30-22-57)61-11-7-5-8-12-61)71-45-37-67(38-46-71)65-33-35-66(36-34-65)68-39-47-72(48-40-68)76(74-50-16-54(2)52-56(74)4)70-43-27-60(28-44-70)20-18-58-23-31-64(32-24-58)62-13-9-6-10-14-62/h15-52,61-62H,5-14H2,1-4H3. The smallest absolute Gasteiger partial charge is 0.0490 e. The van der Waals surface area contributed by atoms with Crippen molar-refractivity contribution in [3.8, 4) is 22.3 Å². The maximum absolute atomic E-state index is 2.38. The van der Waals surface area contributed by atoms with Crippen molar-refractivity contribution in [3.05, 3.63) is 262 Å². The molecular weight excluding hydrogens is 917 g/mol. The van der Waals surface area contributed by atoms with E-state index in [4.69, 9.17) is 0 Å². The van der Waals surface area contributed by atoms with Gasteiger partial charge in [0.25, 0.3) is 0 Å². The van der Waals surface area contributed by atoms with Gasteiger partial charge in [-0.3, -0.25) is 0 Å². The summed E-state index contributed by atoms with van der Waals surface area (Å²) >= 11 is 0. The fourth-order valence-corrected chi connectivity index (χ4v) is 11.9. The summed E-state index contributed by atoms with van der Waals surface area (Å²) in [5.41, 5.74) is 24.5. The molecule has 2 nitrogen and oxygen atoms in total. The number of benzene rings is 9. The van der Waals surface area contributed by atoms with Gasteiger partial charge in [0.05, 0.1) is 0 Å². The van der Waals surface area contributed by atoms with E-state index in [1.807, 2.05) is 0 Å². The molecule has 2 aliphatic carbocycles. The molecule has 0 aliphatic heterocycles. The highest BCUT2D eigenvalue weighted by atomic mass is 15.1. The van der Waals surface area contributed by atoms with E-state index in [0.29, 0.717) is 0 Å². The molecule has 0 unspecified atom stereocenters. The van der Waals surface area contributed by atoms with Gasteiger partial charge in [-0.2, -0.15) is 0 Å². The Morgan fingerprint density at radius 2 is 0.553 bits per heavy atom. The first kappa shape index (κ1) is 50.2. The molecule has 378 valence electrons. The first-order valence-corrected chi connectivity index (χ1v) is 28.1. The number of hydrogen-bond donors (Lipinski definition) is 0. The Labute approximate surface area is 453 Å². The van der Waals surface area contributed by atoms with Gasteiger partial charge in [-0.05, 0) is 193 Å². The van der Waals surface area contributed by atoms with Crippen LogP contribution in [0.2, 0.25) is 0 Å². The minimum atomic E-state index is 0.732. The van der Waals surface area contributed by atoms with E-state index in [1.54, 1.807) is 0 Å². The minimum Gasteiger partial charge on any atom is -0.310 e. The van der Waals surface area contributed by atoms with Gasteiger partial charge >= 0.3 is 0 Å². The molecule has 9 aromatic carbocycles. The third kappa shape index (κ3) is 11.8. The molecule has 2 aliphatic rings. The SMILES string of the molecule is Cc1ccc(N(c2ccc(C=Cc3ccc(C4CCCCC4)cc3)cc2)c2ccc(-c3ccc(-c4ccc(N(c5ccc(C=Cc6ccc(C7CCCCC7)cc6)cc5)c5ccc(C)cc5C)cc4)cc3)cc2)c(C)c1. The summed E-state index contributed by atoms with van der Waals surface area (Å²) in [7, 11) is 0. The van der Waals surface area contributed by atoms with Crippen LogP contribution in [0.3, 0.4) is 0 Å². The Balaban J connectivity index is 0.785. The second kappa shape index (κ2) is 23.3. The summed E-state index contributed by atoms with van der Waals surface area (Å²) < 4.78 is 0. The third-order valence-corrected chi connectivity index (χ3v) is 16.3. The molecule has 0 saturated heterocycles. The lowest BCUT2D eigenvalue weighted by Gasteiger charge is -2.27. The van der Waals surface area contributed by atoms with Gasteiger partial charge in [-0.15, -0.1) is 0 Å². The van der Waals surface area contributed by atoms with Crippen LogP contribution in [0.1, 0.15) is 132 Å². The first-order chi connectivity index (χ1) is 37.3. The van der Waals surface area contributed by atoms with E-state index in [9.17, 15) is 0 Å².